The van der Waals surface area contributed by atoms with Gasteiger partial charge in [0, 0.05) is 11.1 Å². The van der Waals surface area contributed by atoms with E-state index in [4.69, 9.17) is 5.73 Å². The van der Waals surface area contributed by atoms with E-state index in [-0.39, 0.29) is 11.9 Å². The van der Waals surface area contributed by atoms with Crippen molar-refractivity contribution in [3.05, 3.63) is 45.4 Å². The summed E-state index contributed by atoms with van der Waals surface area (Å²) in [6.45, 7) is 8.27. The van der Waals surface area contributed by atoms with Crippen molar-refractivity contribution in [3.8, 4) is 0 Å². The van der Waals surface area contributed by atoms with Crippen LogP contribution in [0.15, 0.2) is 23.6 Å². The number of thiazole rings is 1. The molecule has 0 radical (unpaired) electrons. The molecule has 0 saturated heterocycles. The van der Waals surface area contributed by atoms with Gasteiger partial charge in [-0.1, -0.05) is 19.9 Å². The molecular weight excluding hydrogens is 294 g/mol. The molecule has 0 saturated carbocycles. The molecule has 1 unspecified atom stereocenters. The van der Waals surface area contributed by atoms with Gasteiger partial charge in [0.05, 0.1) is 6.04 Å². The number of hydrogen-bond acceptors (Lipinski definition) is 4. The number of amides is 1. The van der Waals surface area contributed by atoms with E-state index >= 15 is 0 Å². The average molecular weight is 317 g/mol. The topological polar surface area (TPSA) is 68.0 Å². The number of carbonyl (C=O) groups excluding carboxylic acids is 1. The van der Waals surface area contributed by atoms with Gasteiger partial charge in [-0.3, -0.25) is 4.79 Å². The Morgan fingerprint density at radius 2 is 1.91 bits per heavy atom. The first-order chi connectivity index (χ1) is 10.3. The van der Waals surface area contributed by atoms with Gasteiger partial charge in [-0.25, -0.2) is 4.98 Å². The predicted octanol–water partition coefficient (Wildman–Crippen LogP) is 4.06. The van der Waals surface area contributed by atoms with E-state index in [0.717, 1.165) is 28.2 Å². The number of aryl methyl sites for hydroxylation is 2. The number of nitrogens with two attached hydrogens (primary N) is 1. The van der Waals surface area contributed by atoms with Gasteiger partial charge in [-0.2, -0.15) is 0 Å². The van der Waals surface area contributed by atoms with Crippen LogP contribution in [0.1, 0.15) is 52.9 Å². The normalized spacial score (nSPS) is 12.5. The highest BCUT2D eigenvalue weighted by atomic mass is 32.1. The molecule has 1 aromatic heterocycles. The molecule has 5 heteroatoms. The van der Waals surface area contributed by atoms with Crippen LogP contribution in [0, 0.1) is 19.8 Å². The third-order valence-corrected chi connectivity index (χ3v) is 4.25. The third kappa shape index (κ3) is 4.39. The maximum Gasteiger partial charge on any atom is 0.275 e. The fraction of sp³-hybridized carbons (Fsp3) is 0.412. The second-order valence-corrected chi connectivity index (χ2v) is 7.03. The molecule has 1 amide bonds. The summed E-state index contributed by atoms with van der Waals surface area (Å²) in [6, 6.07) is 5.86. The van der Waals surface area contributed by atoms with Crippen molar-refractivity contribution in [1.82, 2.24) is 4.98 Å². The lowest BCUT2D eigenvalue weighted by atomic mass is 10.1. The third-order valence-electron chi connectivity index (χ3n) is 3.28. The molecule has 0 aliphatic rings. The first-order valence-electron chi connectivity index (χ1n) is 7.46. The molecule has 0 aliphatic heterocycles. The van der Waals surface area contributed by atoms with Crippen LogP contribution >= 0.6 is 11.3 Å². The smallest absolute Gasteiger partial charge is 0.275 e. The fourth-order valence-corrected chi connectivity index (χ4v) is 3.23. The van der Waals surface area contributed by atoms with Gasteiger partial charge in [-0.05, 0) is 49.4 Å². The van der Waals surface area contributed by atoms with Gasteiger partial charge in [0.2, 0.25) is 0 Å². The Kier molecular flexibility index (Phi) is 5.32. The summed E-state index contributed by atoms with van der Waals surface area (Å²) in [7, 11) is 0. The highest BCUT2D eigenvalue weighted by Crippen LogP contribution is 2.23. The molecule has 1 aromatic carbocycles. The highest BCUT2D eigenvalue weighted by molar-refractivity contribution is 7.09. The molecule has 22 heavy (non-hydrogen) atoms. The molecular formula is C17H23N3OS. The van der Waals surface area contributed by atoms with Crippen LogP contribution in [-0.2, 0) is 0 Å². The highest BCUT2D eigenvalue weighted by Gasteiger charge is 2.16. The second-order valence-electron chi connectivity index (χ2n) is 6.14. The largest absolute Gasteiger partial charge is 0.322 e. The SMILES string of the molecule is Cc1cc(C)cc(NC(=O)c2csc(C(N)CC(C)C)n2)c1. The Hall–Kier alpha value is -1.72. The summed E-state index contributed by atoms with van der Waals surface area (Å²) in [5.41, 5.74) is 9.58. The van der Waals surface area contributed by atoms with E-state index in [0.29, 0.717) is 11.6 Å². The molecule has 4 nitrogen and oxygen atoms in total. The van der Waals surface area contributed by atoms with Crippen LogP contribution in [0.25, 0.3) is 0 Å². The Morgan fingerprint density at radius 1 is 1.27 bits per heavy atom. The van der Waals surface area contributed by atoms with Gasteiger partial charge in [0.1, 0.15) is 10.7 Å². The lowest BCUT2D eigenvalue weighted by Gasteiger charge is -2.10. The van der Waals surface area contributed by atoms with Gasteiger partial charge in [0.25, 0.3) is 5.91 Å². The van der Waals surface area contributed by atoms with E-state index in [9.17, 15) is 4.79 Å². The standard InChI is InChI=1S/C17H23N3OS/c1-10(2)5-14(18)17-20-15(9-22-17)16(21)19-13-7-11(3)6-12(4)8-13/h6-10,14H,5,18H2,1-4H3,(H,19,21). The zero-order valence-corrected chi connectivity index (χ0v) is 14.3. The molecule has 0 spiro atoms. The predicted molar refractivity (Wildman–Crippen MR) is 92.4 cm³/mol. The van der Waals surface area contributed by atoms with Gasteiger partial charge < -0.3 is 11.1 Å². The molecule has 2 rings (SSSR count). The number of nitrogens with one attached hydrogen (secondary N) is 1. The molecule has 0 bridgehead atoms. The molecule has 118 valence electrons. The molecule has 3 N–H and O–H groups in total. The first-order valence-corrected chi connectivity index (χ1v) is 8.33. The monoisotopic (exact) mass is 317 g/mol. The first kappa shape index (κ1) is 16.6. The van der Waals surface area contributed by atoms with Gasteiger partial charge >= 0.3 is 0 Å². The lowest BCUT2D eigenvalue weighted by Crippen LogP contribution is -2.15. The minimum atomic E-state index is -0.191. The molecule has 0 fully saturated rings. The van der Waals surface area contributed by atoms with Crippen molar-refractivity contribution >= 4 is 22.9 Å². The summed E-state index contributed by atoms with van der Waals surface area (Å²) in [5.74, 6) is 0.315. The summed E-state index contributed by atoms with van der Waals surface area (Å²) in [6.07, 6.45) is 0.867. The minimum absolute atomic E-state index is 0.104. The average Bonchev–Trinajstić information content (AvgIpc) is 2.86. The van der Waals surface area contributed by atoms with Crippen molar-refractivity contribution in [3.63, 3.8) is 0 Å². The van der Waals surface area contributed by atoms with Crippen molar-refractivity contribution < 1.29 is 4.79 Å². The van der Waals surface area contributed by atoms with Crippen LogP contribution < -0.4 is 11.1 Å². The number of anilines is 1. The zero-order valence-electron chi connectivity index (χ0n) is 13.5. The van der Waals surface area contributed by atoms with Crippen LogP contribution in [0.4, 0.5) is 5.69 Å². The number of benzene rings is 1. The number of carbonyl (C=O) groups is 1. The number of hydrogen-bond donors (Lipinski definition) is 2. The van der Waals surface area contributed by atoms with Crippen LogP contribution in [0.5, 0.6) is 0 Å². The molecule has 2 aromatic rings. The van der Waals surface area contributed by atoms with E-state index in [1.807, 2.05) is 26.0 Å². The Morgan fingerprint density at radius 3 is 2.50 bits per heavy atom. The minimum Gasteiger partial charge on any atom is -0.322 e. The van der Waals surface area contributed by atoms with E-state index in [1.165, 1.54) is 11.3 Å². The maximum absolute atomic E-state index is 12.3. The second kappa shape index (κ2) is 7.03. The van der Waals surface area contributed by atoms with Crippen LogP contribution in [0.2, 0.25) is 0 Å². The van der Waals surface area contributed by atoms with Crippen LogP contribution in [-0.4, -0.2) is 10.9 Å². The fourth-order valence-electron chi connectivity index (χ4n) is 2.41. The van der Waals surface area contributed by atoms with E-state index in [2.05, 4.69) is 30.2 Å². The zero-order chi connectivity index (χ0) is 16.3. The molecule has 1 atom stereocenters. The van der Waals surface area contributed by atoms with Gasteiger partial charge in [-0.15, -0.1) is 11.3 Å². The number of aromatic nitrogens is 1. The van der Waals surface area contributed by atoms with Crippen molar-refractivity contribution in [2.45, 2.75) is 40.2 Å². The van der Waals surface area contributed by atoms with Crippen LogP contribution in [0.3, 0.4) is 0 Å². The quantitative estimate of drug-likeness (QED) is 0.874. The van der Waals surface area contributed by atoms with E-state index in [1.54, 1.807) is 5.38 Å². The summed E-state index contributed by atoms with van der Waals surface area (Å²) in [5, 5.41) is 5.49. The van der Waals surface area contributed by atoms with Crippen molar-refractivity contribution in [2.24, 2.45) is 11.7 Å². The maximum atomic E-state index is 12.3. The number of rotatable bonds is 5. The Labute approximate surface area is 135 Å². The lowest BCUT2D eigenvalue weighted by molar-refractivity contribution is 0.102. The van der Waals surface area contributed by atoms with Crippen molar-refractivity contribution in [1.29, 1.82) is 0 Å². The Balaban J connectivity index is 2.08. The molecule has 1 heterocycles. The Bertz CT molecular complexity index is 643. The van der Waals surface area contributed by atoms with Crippen molar-refractivity contribution in [2.75, 3.05) is 5.32 Å². The van der Waals surface area contributed by atoms with Gasteiger partial charge in [0.15, 0.2) is 0 Å². The van der Waals surface area contributed by atoms with E-state index < -0.39 is 0 Å². The summed E-state index contributed by atoms with van der Waals surface area (Å²) in [4.78, 5) is 16.7. The summed E-state index contributed by atoms with van der Waals surface area (Å²) < 4.78 is 0. The molecule has 0 aliphatic carbocycles. The summed E-state index contributed by atoms with van der Waals surface area (Å²) >= 11 is 1.45. The number of nitrogens with zero attached hydrogens (tertiary/aromatic N) is 1.